The van der Waals surface area contributed by atoms with Gasteiger partial charge in [-0.2, -0.15) is 0 Å². The molecule has 0 unspecified atom stereocenters. The fourth-order valence-electron chi connectivity index (χ4n) is 1.65. The molecule has 0 aliphatic rings. The molecule has 18 heavy (non-hydrogen) atoms. The topological polar surface area (TPSA) is 26.3 Å². The number of allylic oxidation sites excluding steroid dienone is 4. The van der Waals surface area contributed by atoms with E-state index < -0.39 is 0 Å². The van der Waals surface area contributed by atoms with E-state index in [1.807, 2.05) is 0 Å². The van der Waals surface area contributed by atoms with Crippen molar-refractivity contribution in [1.29, 1.82) is 0 Å². The zero-order valence-corrected chi connectivity index (χ0v) is 12.0. The van der Waals surface area contributed by atoms with Crippen LogP contribution in [0.25, 0.3) is 0 Å². The molecule has 0 aliphatic carbocycles. The third-order valence-electron chi connectivity index (χ3n) is 2.64. The van der Waals surface area contributed by atoms with Crippen LogP contribution in [0.5, 0.6) is 0 Å². The van der Waals surface area contributed by atoms with Crippen molar-refractivity contribution in [2.45, 2.75) is 65.2 Å². The molecule has 0 rings (SSSR count). The van der Waals surface area contributed by atoms with Crippen LogP contribution in [0, 0.1) is 0 Å². The maximum atomic E-state index is 10.5. The first-order valence-electron chi connectivity index (χ1n) is 7.20. The summed E-state index contributed by atoms with van der Waals surface area (Å²) in [4.78, 5) is 10.5. The molecule has 0 aromatic carbocycles. The SMILES string of the molecule is CC/C=C/CC/C=C/CCCCCCOC(C)=O. The van der Waals surface area contributed by atoms with Crippen molar-refractivity contribution < 1.29 is 9.53 Å². The van der Waals surface area contributed by atoms with Crippen LogP contribution >= 0.6 is 0 Å². The maximum Gasteiger partial charge on any atom is 0.302 e. The number of carbonyl (C=O) groups is 1. The van der Waals surface area contributed by atoms with Gasteiger partial charge in [0.05, 0.1) is 6.61 Å². The fraction of sp³-hybridized carbons (Fsp3) is 0.688. The number of esters is 1. The number of hydrogen-bond acceptors (Lipinski definition) is 2. The van der Waals surface area contributed by atoms with Gasteiger partial charge in [0.15, 0.2) is 0 Å². The molecule has 0 aromatic rings. The second-order valence-electron chi connectivity index (χ2n) is 4.47. The smallest absolute Gasteiger partial charge is 0.302 e. The summed E-state index contributed by atoms with van der Waals surface area (Å²) < 4.78 is 4.87. The summed E-state index contributed by atoms with van der Waals surface area (Å²) in [5, 5.41) is 0. The number of unbranched alkanes of at least 4 members (excludes halogenated alkanes) is 5. The Hall–Kier alpha value is -1.05. The molecule has 0 N–H and O–H groups in total. The van der Waals surface area contributed by atoms with E-state index in [4.69, 9.17) is 4.74 Å². The van der Waals surface area contributed by atoms with Crippen molar-refractivity contribution in [2.75, 3.05) is 6.61 Å². The first kappa shape index (κ1) is 16.9. The summed E-state index contributed by atoms with van der Waals surface area (Å²) in [7, 11) is 0. The quantitative estimate of drug-likeness (QED) is 0.300. The Morgan fingerprint density at radius 3 is 2.17 bits per heavy atom. The van der Waals surface area contributed by atoms with E-state index in [1.165, 1.54) is 26.2 Å². The zero-order valence-electron chi connectivity index (χ0n) is 12.0. The van der Waals surface area contributed by atoms with Gasteiger partial charge in [-0.1, -0.05) is 44.1 Å². The van der Waals surface area contributed by atoms with Crippen LogP contribution < -0.4 is 0 Å². The van der Waals surface area contributed by atoms with E-state index in [2.05, 4.69) is 31.2 Å². The minimum Gasteiger partial charge on any atom is -0.466 e. The molecule has 0 saturated carbocycles. The van der Waals surface area contributed by atoms with E-state index in [1.54, 1.807) is 0 Å². The molecular formula is C16H28O2. The molecule has 0 fully saturated rings. The molecular weight excluding hydrogens is 224 g/mol. The van der Waals surface area contributed by atoms with Crippen LogP contribution in [-0.4, -0.2) is 12.6 Å². The largest absolute Gasteiger partial charge is 0.466 e. The molecule has 0 atom stereocenters. The standard InChI is InChI=1S/C16H28O2/c1-3-4-5-6-7-8-9-10-11-12-13-14-15-18-16(2)17/h4-5,8-9H,3,6-7,10-15H2,1-2H3/b5-4+,9-8+. The molecule has 2 heteroatoms. The molecule has 0 bridgehead atoms. The molecule has 0 aromatic heterocycles. The summed E-state index contributed by atoms with van der Waals surface area (Å²) in [6.45, 7) is 4.20. The lowest BCUT2D eigenvalue weighted by molar-refractivity contribution is -0.141. The van der Waals surface area contributed by atoms with Crippen molar-refractivity contribution in [2.24, 2.45) is 0 Å². The molecule has 0 saturated heterocycles. The normalized spacial score (nSPS) is 11.4. The second-order valence-corrected chi connectivity index (χ2v) is 4.47. The van der Waals surface area contributed by atoms with Crippen LogP contribution in [0.3, 0.4) is 0 Å². The zero-order chi connectivity index (χ0) is 13.5. The predicted octanol–water partition coefficient (Wildman–Crippen LogP) is 4.80. The van der Waals surface area contributed by atoms with Gasteiger partial charge in [-0.3, -0.25) is 4.79 Å². The van der Waals surface area contributed by atoms with Crippen molar-refractivity contribution in [3.8, 4) is 0 Å². The van der Waals surface area contributed by atoms with Gasteiger partial charge in [0.2, 0.25) is 0 Å². The van der Waals surface area contributed by atoms with Gasteiger partial charge in [-0.25, -0.2) is 0 Å². The first-order chi connectivity index (χ1) is 8.77. The van der Waals surface area contributed by atoms with Crippen LogP contribution in [0.1, 0.15) is 65.2 Å². The average molecular weight is 252 g/mol. The monoisotopic (exact) mass is 252 g/mol. The Morgan fingerprint density at radius 1 is 0.889 bits per heavy atom. The van der Waals surface area contributed by atoms with E-state index in [9.17, 15) is 4.79 Å². The Balaban J connectivity index is 3.12. The molecule has 2 nitrogen and oxygen atoms in total. The summed E-state index contributed by atoms with van der Waals surface area (Å²) in [6.07, 6.45) is 18.3. The highest BCUT2D eigenvalue weighted by Gasteiger charge is 1.92. The molecule has 0 radical (unpaired) electrons. The van der Waals surface area contributed by atoms with Gasteiger partial charge < -0.3 is 4.74 Å². The third kappa shape index (κ3) is 14.9. The Bertz CT molecular complexity index is 241. The molecule has 0 amide bonds. The maximum absolute atomic E-state index is 10.5. The summed E-state index contributed by atoms with van der Waals surface area (Å²) in [5.41, 5.74) is 0. The number of ether oxygens (including phenoxy) is 1. The summed E-state index contributed by atoms with van der Waals surface area (Å²) >= 11 is 0. The Kier molecular flexibility index (Phi) is 13.2. The minimum absolute atomic E-state index is 0.171. The summed E-state index contributed by atoms with van der Waals surface area (Å²) in [6, 6.07) is 0. The van der Waals surface area contributed by atoms with Gasteiger partial charge in [-0.05, 0) is 38.5 Å². The fourth-order valence-corrected chi connectivity index (χ4v) is 1.65. The van der Waals surface area contributed by atoms with E-state index >= 15 is 0 Å². The molecule has 0 spiro atoms. The molecule has 104 valence electrons. The van der Waals surface area contributed by atoms with Crippen LogP contribution in [0.15, 0.2) is 24.3 Å². The van der Waals surface area contributed by atoms with Crippen molar-refractivity contribution in [1.82, 2.24) is 0 Å². The van der Waals surface area contributed by atoms with Crippen molar-refractivity contribution >= 4 is 5.97 Å². The van der Waals surface area contributed by atoms with Gasteiger partial charge in [0.25, 0.3) is 0 Å². The highest BCUT2D eigenvalue weighted by molar-refractivity contribution is 5.65. The summed E-state index contributed by atoms with van der Waals surface area (Å²) in [5.74, 6) is -0.171. The van der Waals surface area contributed by atoms with Crippen molar-refractivity contribution in [3.05, 3.63) is 24.3 Å². The average Bonchev–Trinajstić information content (AvgIpc) is 2.34. The van der Waals surface area contributed by atoms with Gasteiger partial charge in [0.1, 0.15) is 0 Å². The lowest BCUT2D eigenvalue weighted by atomic mass is 10.1. The van der Waals surface area contributed by atoms with Gasteiger partial charge in [0, 0.05) is 6.92 Å². The van der Waals surface area contributed by atoms with Crippen molar-refractivity contribution in [3.63, 3.8) is 0 Å². The Morgan fingerprint density at radius 2 is 1.50 bits per heavy atom. The third-order valence-corrected chi connectivity index (χ3v) is 2.64. The second kappa shape index (κ2) is 14.0. The van der Waals surface area contributed by atoms with Gasteiger partial charge in [-0.15, -0.1) is 0 Å². The van der Waals surface area contributed by atoms with Crippen LogP contribution in [-0.2, 0) is 9.53 Å². The lowest BCUT2D eigenvalue weighted by Gasteiger charge is -2.00. The van der Waals surface area contributed by atoms with E-state index in [0.717, 1.165) is 32.1 Å². The number of rotatable bonds is 11. The highest BCUT2D eigenvalue weighted by Crippen LogP contribution is 2.05. The number of carbonyl (C=O) groups excluding carboxylic acids is 1. The minimum atomic E-state index is -0.171. The highest BCUT2D eigenvalue weighted by atomic mass is 16.5. The van der Waals surface area contributed by atoms with Gasteiger partial charge >= 0.3 is 5.97 Å². The van der Waals surface area contributed by atoms with E-state index in [0.29, 0.717) is 6.61 Å². The lowest BCUT2D eigenvalue weighted by Crippen LogP contribution is -1.99. The Labute approximate surface area is 112 Å². The predicted molar refractivity (Wildman–Crippen MR) is 77.5 cm³/mol. The number of hydrogen-bond donors (Lipinski definition) is 0. The van der Waals surface area contributed by atoms with Crippen LogP contribution in [0.4, 0.5) is 0 Å². The van der Waals surface area contributed by atoms with E-state index in [-0.39, 0.29) is 5.97 Å². The van der Waals surface area contributed by atoms with Crippen LogP contribution in [0.2, 0.25) is 0 Å². The first-order valence-corrected chi connectivity index (χ1v) is 7.20. The molecule has 0 aliphatic heterocycles. The molecule has 0 heterocycles.